The van der Waals surface area contributed by atoms with Crippen LogP contribution in [0, 0.1) is 0 Å². The Balaban J connectivity index is 1.79. The smallest absolute Gasteiger partial charge is 0.0914 e. The van der Waals surface area contributed by atoms with Crippen LogP contribution in [0.2, 0.25) is 0 Å². The molecule has 1 atom stereocenters. The van der Waals surface area contributed by atoms with Crippen molar-refractivity contribution < 1.29 is 5.11 Å². The van der Waals surface area contributed by atoms with E-state index < -0.39 is 6.10 Å². The fourth-order valence-corrected chi connectivity index (χ4v) is 2.58. The molecule has 1 aliphatic heterocycles. The fraction of sp³-hybridized carbons (Fsp3) is 0.625. The molecule has 1 aromatic carbocycles. The van der Waals surface area contributed by atoms with E-state index in [1.54, 1.807) is 0 Å². The first-order valence-electron chi connectivity index (χ1n) is 7.51. The SMILES string of the molecule is CNCC(O)c1ccc(CCN2CCN(C)CC2)cc1. The third-order valence-electron chi connectivity index (χ3n) is 4.07. The third-order valence-corrected chi connectivity index (χ3v) is 4.07. The van der Waals surface area contributed by atoms with Gasteiger partial charge in [-0.15, -0.1) is 0 Å². The summed E-state index contributed by atoms with van der Waals surface area (Å²) in [5.74, 6) is 0. The number of nitrogens with one attached hydrogen (secondary N) is 1. The molecule has 1 aliphatic rings. The molecule has 0 bridgehead atoms. The second-order valence-corrected chi connectivity index (χ2v) is 5.71. The molecule has 0 saturated carbocycles. The van der Waals surface area contributed by atoms with Crippen molar-refractivity contribution in [3.8, 4) is 0 Å². The number of aliphatic hydroxyl groups excluding tert-OH is 1. The molecule has 0 aliphatic carbocycles. The van der Waals surface area contributed by atoms with Crippen molar-refractivity contribution in [3.05, 3.63) is 35.4 Å². The molecule has 2 N–H and O–H groups in total. The first kappa shape index (κ1) is 15.4. The minimum absolute atomic E-state index is 0.410. The van der Waals surface area contributed by atoms with Crippen LogP contribution in [0.25, 0.3) is 0 Å². The van der Waals surface area contributed by atoms with Crippen molar-refractivity contribution in [3.63, 3.8) is 0 Å². The standard InChI is InChI=1S/C16H27N3O/c1-17-13-16(20)15-5-3-14(4-6-15)7-8-19-11-9-18(2)10-12-19/h3-6,16-17,20H,7-13H2,1-2H3. The van der Waals surface area contributed by atoms with Gasteiger partial charge in [-0.3, -0.25) is 0 Å². The highest BCUT2D eigenvalue weighted by atomic mass is 16.3. The molecule has 20 heavy (non-hydrogen) atoms. The first-order chi connectivity index (χ1) is 9.69. The molecule has 1 unspecified atom stereocenters. The first-order valence-corrected chi connectivity index (χ1v) is 7.51. The van der Waals surface area contributed by atoms with Crippen molar-refractivity contribution in [2.24, 2.45) is 0 Å². The van der Waals surface area contributed by atoms with Gasteiger partial charge in [-0.25, -0.2) is 0 Å². The second kappa shape index (κ2) is 7.74. The molecule has 0 aromatic heterocycles. The summed E-state index contributed by atoms with van der Waals surface area (Å²) in [4.78, 5) is 4.91. The predicted molar refractivity (Wildman–Crippen MR) is 83.0 cm³/mol. The minimum Gasteiger partial charge on any atom is -0.387 e. The Bertz CT molecular complexity index is 385. The number of hydrogen-bond acceptors (Lipinski definition) is 4. The van der Waals surface area contributed by atoms with Gasteiger partial charge in [-0.05, 0) is 31.6 Å². The number of hydrogen-bond donors (Lipinski definition) is 2. The maximum Gasteiger partial charge on any atom is 0.0914 e. The zero-order chi connectivity index (χ0) is 14.4. The Labute approximate surface area is 122 Å². The zero-order valence-electron chi connectivity index (χ0n) is 12.7. The number of nitrogens with zero attached hydrogens (tertiary/aromatic N) is 2. The van der Waals surface area contributed by atoms with Crippen molar-refractivity contribution in [2.45, 2.75) is 12.5 Å². The van der Waals surface area contributed by atoms with E-state index in [0.717, 1.165) is 18.5 Å². The Morgan fingerprint density at radius 1 is 1.15 bits per heavy atom. The highest BCUT2D eigenvalue weighted by molar-refractivity contribution is 5.24. The van der Waals surface area contributed by atoms with Crippen molar-refractivity contribution in [1.82, 2.24) is 15.1 Å². The van der Waals surface area contributed by atoms with Crippen LogP contribution in [-0.4, -0.2) is 68.3 Å². The van der Waals surface area contributed by atoms with Gasteiger partial charge < -0.3 is 20.2 Å². The Hall–Kier alpha value is -0.940. The fourth-order valence-electron chi connectivity index (χ4n) is 2.58. The second-order valence-electron chi connectivity index (χ2n) is 5.71. The zero-order valence-corrected chi connectivity index (χ0v) is 12.7. The minimum atomic E-state index is -0.410. The van der Waals surface area contributed by atoms with Crippen LogP contribution in [0.5, 0.6) is 0 Å². The van der Waals surface area contributed by atoms with Gasteiger partial charge >= 0.3 is 0 Å². The van der Waals surface area contributed by atoms with Crippen molar-refractivity contribution in [2.75, 3.05) is 53.4 Å². The van der Waals surface area contributed by atoms with E-state index in [4.69, 9.17) is 0 Å². The van der Waals surface area contributed by atoms with Crippen LogP contribution in [0.4, 0.5) is 0 Å². The average molecular weight is 277 g/mol. The van der Waals surface area contributed by atoms with Gasteiger partial charge in [0.15, 0.2) is 0 Å². The molecule has 4 nitrogen and oxygen atoms in total. The molecule has 2 rings (SSSR count). The molecule has 1 saturated heterocycles. The van der Waals surface area contributed by atoms with Crippen molar-refractivity contribution >= 4 is 0 Å². The molecule has 0 spiro atoms. The normalized spacial score (nSPS) is 19.1. The molecular weight excluding hydrogens is 250 g/mol. The summed E-state index contributed by atoms with van der Waals surface area (Å²) in [5.41, 5.74) is 2.34. The van der Waals surface area contributed by atoms with Gasteiger partial charge in [-0.2, -0.15) is 0 Å². The monoisotopic (exact) mass is 277 g/mol. The molecule has 1 fully saturated rings. The van der Waals surface area contributed by atoms with E-state index in [1.807, 2.05) is 19.2 Å². The maximum absolute atomic E-state index is 9.89. The quantitative estimate of drug-likeness (QED) is 0.804. The Morgan fingerprint density at radius 2 is 1.80 bits per heavy atom. The number of rotatable bonds is 6. The lowest BCUT2D eigenvalue weighted by Crippen LogP contribution is -2.45. The summed E-state index contributed by atoms with van der Waals surface area (Å²) in [6.45, 7) is 6.43. The lowest BCUT2D eigenvalue weighted by Gasteiger charge is -2.32. The summed E-state index contributed by atoms with van der Waals surface area (Å²) in [5, 5.41) is 12.9. The maximum atomic E-state index is 9.89. The average Bonchev–Trinajstić information content (AvgIpc) is 2.47. The number of aliphatic hydroxyl groups is 1. The van der Waals surface area contributed by atoms with Crippen LogP contribution < -0.4 is 5.32 Å². The molecule has 0 radical (unpaired) electrons. The number of piperazine rings is 1. The van der Waals surface area contributed by atoms with E-state index in [-0.39, 0.29) is 0 Å². The van der Waals surface area contributed by atoms with Crippen LogP contribution >= 0.6 is 0 Å². The molecular formula is C16H27N3O. The Morgan fingerprint density at radius 3 is 2.40 bits per heavy atom. The molecule has 112 valence electrons. The lowest BCUT2D eigenvalue weighted by molar-refractivity contribution is 0.155. The number of likely N-dealkylation sites (N-methyl/N-ethyl adjacent to an activating group) is 2. The van der Waals surface area contributed by atoms with E-state index in [2.05, 4.69) is 34.3 Å². The van der Waals surface area contributed by atoms with Gasteiger partial charge in [0.05, 0.1) is 6.10 Å². The molecule has 1 heterocycles. The predicted octanol–water partition coefficient (Wildman–Crippen LogP) is 0.729. The van der Waals surface area contributed by atoms with Crippen LogP contribution in [0.15, 0.2) is 24.3 Å². The highest BCUT2D eigenvalue weighted by Crippen LogP contribution is 2.13. The van der Waals surface area contributed by atoms with Crippen LogP contribution in [0.3, 0.4) is 0 Å². The van der Waals surface area contributed by atoms with Gasteiger partial charge in [0, 0.05) is 39.3 Å². The summed E-state index contributed by atoms with van der Waals surface area (Å²) < 4.78 is 0. The topological polar surface area (TPSA) is 38.7 Å². The molecule has 1 aromatic rings. The highest BCUT2D eigenvalue weighted by Gasteiger charge is 2.13. The van der Waals surface area contributed by atoms with Gasteiger partial charge in [0.2, 0.25) is 0 Å². The summed E-state index contributed by atoms with van der Waals surface area (Å²) in [6.07, 6.45) is 0.679. The molecule has 0 amide bonds. The van der Waals surface area contributed by atoms with Crippen molar-refractivity contribution in [1.29, 1.82) is 0 Å². The molecule has 4 heteroatoms. The van der Waals surface area contributed by atoms with E-state index >= 15 is 0 Å². The summed E-state index contributed by atoms with van der Waals surface area (Å²) >= 11 is 0. The van der Waals surface area contributed by atoms with E-state index in [1.165, 1.54) is 31.7 Å². The summed E-state index contributed by atoms with van der Waals surface area (Å²) in [7, 11) is 4.04. The van der Waals surface area contributed by atoms with Crippen LogP contribution in [-0.2, 0) is 6.42 Å². The summed E-state index contributed by atoms with van der Waals surface area (Å²) in [6, 6.07) is 8.37. The number of benzene rings is 1. The van der Waals surface area contributed by atoms with Gasteiger partial charge in [0.25, 0.3) is 0 Å². The Kier molecular flexibility index (Phi) is 5.98. The van der Waals surface area contributed by atoms with E-state index in [9.17, 15) is 5.11 Å². The lowest BCUT2D eigenvalue weighted by atomic mass is 10.0. The van der Waals surface area contributed by atoms with Gasteiger partial charge in [-0.1, -0.05) is 24.3 Å². The largest absolute Gasteiger partial charge is 0.387 e. The third kappa shape index (κ3) is 4.56. The van der Waals surface area contributed by atoms with Crippen LogP contribution in [0.1, 0.15) is 17.2 Å². The van der Waals surface area contributed by atoms with Gasteiger partial charge in [0.1, 0.15) is 0 Å². The van der Waals surface area contributed by atoms with E-state index in [0.29, 0.717) is 6.54 Å².